The minimum Gasteiger partial charge on any atom is -0.0610 e. The minimum absolute atomic E-state index is 0.0874. The fourth-order valence-electron chi connectivity index (χ4n) is 10.8. The summed E-state index contributed by atoms with van der Waals surface area (Å²) in [7, 11) is 0. The summed E-state index contributed by atoms with van der Waals surface area (Å²) in [5.41, 5.74) is 16.1. The van der Waals surface area contributed by atoms with Crippen LogP contribution in [0.4, 0.5) is 0 Å². The molecular weight excluding hydrogens is 697 g/mol. The third-order valence-corrected chi connectivity index (χ3v) is 13.8. The minimum atomic E-state index is 0.0874. The molecule has 0 aromatic heterocycles. The molecule has 1 aliphatic rings. The fourth-order valence-corrected chi connectivity index (χ4v) is 10.8. The van der Waals surface area contributed by atoms with Crippen LogP contribution in [0.15, 0.2) is 133 Å². The maximum Gasteiger partial charge on any atom is -0.00179 e. The van der Waals surface area contributed by atoms with Crippen LogP contribution < -0.4 is 0 Å². The van der Waals surface area contributed by atoms with Crippen molar-refractivity contribution in [1.29, 1.82) is 0 Å². The standard InChI is InChI=1S/C58H46/c1-31-24-37-29-39(58(6,7)8)28-36-14-18-48-43(21-20-41(31)55(48)53(36)37)42-22-23-47-44-17-12-33(30-51(44)46-11-9-10-45(42)54(46)47)50-25-32(2)40-16-13-34-26-38(57(3,4)5)27-35-15-19-49(50)56(40)52(34)35/h9-30H,1-8H3. The van der Waals surface area contributed by atoms with Crippen molar-refractivity contribution in [3.05, 3.63) is 156 Å². The van der Waals surface area contributed by atoms with Gasteiger partial charge in [-0.3, -0.25) is 0 Å². The maximum absolute atomic E-state index is 2.47. The number of rotatable bonds is 2. The van der Waals surface area contributed by atoms with E-state index >= 15 is 0 Å². The highest BCUT2D eigenvalue weighted by atomic mass is 14.3. The Labute approximate surface area is 340 Å². The molecule has 12 rings (SSSR count). The predicted octanol–water partition coefficient (Wildman–Crippen LogP) is 16.8. The third kappa shape index (κ3) is 4.52. The monoisotopic (exact) mass is 742 g/mol. The van der Waals surface area contributed by atoms with Gasteiger partial charge in [0.25, 0.3) is 0 Å². The zero-order valence-corrected chi connectivity index (χ0v) is 34.7. The molecule has 0 unspecified atom stereocenters. The summed E-state index contributed by atoms with van der Waals surface area (Å²) in [6, 6.07) is 52.3. The average molecular weight is 743 g/mol. The largest absolute Gasteiger partial charge is 0.0610 e. The van der Waals surface area contributed by atoms with Crippen molar-refractivity contribution in [2.24, 2.45) is 0 Å². The molecule has 0 saturated heterocycles. The van der Waals surface area contributed by atoms with Crippen molar-refractivity contribution in [2.75, 3.05) is 0 Å². The molecular formula is C58H46. The Kier molecular flexibility index (Phi) is 6.56. The summed E-state index contributed by atoms with van der Waals surface area (Å²) in [5.74, 6) is 0. The van der Waals surface area contributed by atoms with Gasteiger partial charge in [-0.1, -0.05) is 169 Å². The van der Waals surface area contributed by atoms with Crippen LogP contribution in [0.5, 0.6) is 0 Å². The van der Waals surface area contributed by atoms with E-state index in [0.29, 0.717) is 0 Å². The Balaban J connectivity index is 1.04. The van der Waals surface area contributed by atoms with Gasteiger partial charge in [-0.25, -0.2) is 0 Å². The first-order valence-electron chi connectivity index (χ1n) is 21.0. The molecule has 0 nitrogen and oxygen atoms in total. The summed E-state index contributed by atoms with van der Waals surface area (Å²) in [5, 5.41) is 18.9. The Morgan fingerprint density at radius 1 is 0.293 bits per heavy atom. The first kappa shape index (κ1) is 33.9. The molecule has 0 spiro atoms. The lowest BCUT2D eigenvalue weighted by Gasteiger charge is -2.22. The lowest BCUT2D eigenvalue weighted by atomic mass is 9.81. The van der Waals surface area contributed by atoms with Crippen LogP contribution in [-0.2, 0) is 10.8 Å². The van der Waals surface area contributed by atoms with E-state index in [1.165, 1.54) is 142 Å². The van der Waals surface area contributed by atoms with Crippen LogP contribution in [-0.4, -0.2) is 0 Å². The normalized spacial score (nSPS) is 13.2. The van der Waals surface area contributed by atoms with Gasteiger partial charge in [-0.05, 0) is 173 Å². The summed E-state index contributed by atoms with van der Waals surface area (Å²) < 4.78 is 0. The number of hydrogen-bond donors (Lipinski definition) is 0. The summed E-state index contributed by atoms with van der Waals surface area (Å²) >= 11 is 0. The van der Waals surface area contributed by atoms with E-state index in [1.54, 1.807) is 0 Å². The number of fused-ring (bicyclic) bond motifs is 3. The smallest absolute Gasteiger partial charge is 0.00179 e. The second kappa shape index (κ2) is 11.2. The highest BCUT2D eigenvalue weighted by molar-refractivity contribution is 6.29. The van der Waals surface area contributed by atoms with Crippen LogP contribution >= 0.6 is 0 Å². The molecule has 0 radical (unpaired) electrons. The fraction of sp³-hybridized carbons (Fsp3) is 0.172. The quantitative estimate of drug-likeness (QED) is 0.155. The van der Waals surface area contributed by atoms with Gasteiger partial charge in [0.05, 0.1) is 0 Å². The lowest BCUT2D eigenvalue weighted by molar-refractivity contribution is 0.591. The molecule has 0 saturated carbocycles. The molecule has 58 heavy (non-hydrogen) atoms. The highest BCUT2D eigenvalue weighted by Crippen LogP contribution is 2.52. The van der Waals surface area contributed by atoms with Gasteiger partial charge in [0, 0.05) is 0 Å². The Morgan fingerprint density at radius 3 is 1.40 bits per heavy atom. The van der Waals surface area contributed by atoms with Gasteiger partial charge in [0.2, 0.25) is 0 Å². The number of benzene rings is 11. The summed E-state index contributed by atoms with van der Waals surface area (Å²) in [4.78, 5) is 0. The van der Waals surface area contributed by atoms with Gasteiger partial charge < -0.3 is 0 Å². The van der Waals surface area contributed by atoms with E-state index in [4.69, 9.17) is 0 Å². The van der Waals surface area contributed by atoms with E-state index in [2.05, 4.69) is 189 Å². The Bertz CT molecular complexity index is 3560. The molecule has 0 N–H and O–H groups in total. The van der Waals surface area contributed by atoms with Crippen LogP contribution in [0.2, 0.25) is 0 Å². The first-order chi connectivity index (χ1) is 27.8. The van der Waals surface area contributed by atoms with Crippen molar-refractivity contribution in [3.63, 3.8) is 0 Å². The van der Waals surface area contributed by atoms with E-state index in [0.717, 1.165) is 0 Å². The van der Waals surface area contributed by atoms with Gasteiger partial charge in [0.15, 0.2) is 0 Å². The second-order valence-electron chi connectivity index (χ2n) is 19.4. The molecule has 0 fully saturated rings. The van der Waals surface area contributed by atoms with Crippen LogP contribution in [0.25, 0.3) is 120 Å². The predicted molar refractivity (Wildman–Crippen MR) is 254 cm³/mol. The maximum atomic E-state index is 2.47. The van der Waals surface area contributed by atoms with E-state index < -0.39 is 0 Å². The van der Waals surface area contributed by atoms with Crippen molar-refractivity contribution in [2.45, 2.75) is 66.2 Å². The molecule has 0 atom stereocenters. The molecule has 0 heteroatoms. The van der Waals surface area contributed by atoms with Gasteiger partial charge in [0.1, 0.15) is 0 Å². The molecule has 0 heterocycles. The molecule has 278 valence electrons. The van der Waals surface area contributed by atoms with Gasteiger partial charge in [-0.2, -0.15) is 0 Å². The molecule has 1 aliphatic carbocycles. The van der Waals surface area contributed by atoms with Crippen molar-refractivity contribution >= 4 is 75.4 Å². The van der Waals surface area contributed by atoms with E-state index in [1.807, 2.05) is 0 Å². The zero-order valence-electron chi connectivity index (χ0n) is 34.7. The van der Waals surface area contributed by atoms with Crippen molar-refractivity contribution in [1.82, 2.24) is 0 Å². The highest BCUT2D eigenvalue weighted by Gasteiger charge is 2.26. The zero-order chi connectivity index (χ0) is 39.6. The Morgan fingerprint density at radius 2 is 0.759 bits per heavy atom. The Hall–Kier alpha value is -6.24. The van der Waals surface area contributed by atoms with Gasteiger partial charge in [-0.15, -0.1) is 0 Å². The number of aryl methyl sites for hydroxylation is 2. The van der Waals surface area contributed by atoms with Gasteiger partial charge >= 0.3 is 0 Å². The second-order valence-corrected chi connectivity index (χ2v) is 19.4. The SMILES string of the molecule is Cc1cc(-c2ccc3c(c2)-c2cccc4c(-c5ccc6c(C)cc7cc(C(C)(C)C)cc8ccc5c6c87)ccc-3c24)c2ccc3cc(C(C)(C)C)cc4ccc1c2c43. The third-order valence-electron chi connectivity index (χ3n) is 13.8. The number of hydrogen-bond acceptors (Lipinski definition) is 0. The van der Waals surface area contributed by atoms with Crippen molar-refractivity contribution < 1.29 is 0 Å². The van der Waals surface area contributed by atoms with E-state index in [9.17, 15) is 0 Å². The van der Waals surface area contributed by atoms with Crippen LogP contribution in [0, 0.1) is 13.8 Å². The molecule has 11 aromatic rings. The average Bonchev–Trinajstić information content (AvgIpc) is 3.52. The first-order valence-corrected chi connectivity index (χ1v) is 21.0. The summed E-state index contributed by atoms with van der Waals surface area (Å²) in [6.07, 6.45) is 0. The topological polar surface area (TPSA) is 0 Å². The molecule has 11 aromatic carbocycles. The molecule has 0 aliphatic heterocycles. The summed E-state index contributed by atoms with van der Waals surface area (Å²) in [6.45, 7) is 18.4. The lowest BCUT2D eigenvalue weighted by Crippen LogP contribution is -2.10. The molecule has 0 bridgehead atoms. The van der Waals surface area contributed by atoms with Crippen molar-refractivity contribution in [3.8, 4) is 44.5 Å². The van der Waals surface area contributed by atoms with E-state index in [-0.39, 0.29) is 10.8 Å². The van der Waals surface area contributed by atoms with Crippen LogP contribution in [0.1, 0.15) is 63.8 Å². The molecule has 0 amide bonds. The van der Waals surface area contributed by atoms with Crippen LogP contribution in [0.3, 0.4) is 0 Å².